The molecule has 0 saturated carbocycles. The molecule has 0 aliphatic rings. The number of anilines is 1. The van der Waals surface area contributed by atoms with E-state index in [1.807, 2.05) is 23.6 Å². The number of nitrogen functional groups attached to an aromatic ring is 1. The Hall–Kier alpha value is -1.86. The van der Waals surface area contributed by atoms with Crippen molar-refractivity contribution in [2.24, 2.45) is 0 Å². The Kier molecular flexibility index (Phi) is 3.47. The molecule has 0 atom stereocenters. The van der Waals surface area contributed by atoms with Gasteiger partial charge in [-0.2, -0.15) is 4.98 Å². The third-order valence-electron chi connectivity index (χ3n) is 2.33. The molecule has 3 aromatic heterocycles. The highest BCUT2D eigenvalue weighted by Gasteiger charge is 2.09. The van der Waals surface area contributed by atoms with Crippen molar-refractivity contribution in [3.63, 3.8) is 0 Å². The molecule has 0 unspecified atom stereocenters. The molecule has 5 nitrogen and oxygen atoms in total. The van der Waals surface area contributed by atoms with Crippen LogP contribution in [-0.4, -0.2) is 15.1 Å². The monoisotopic (exact) mass is 290 g/mol. The summed E-state index contributed by atoms with van der Waals surface area (Å²) in [5.74, 6) is 2.40. The van der Waals surface area contributed by atoms with E-state index in [1.165, 1.54) is 0 Å². The summed E-state index contributed by atoms with van der Waals surface area (Å²) in [5.41, 5.74) is 5.53. The number of hydrogen-bond donors (Lipinski definition) is 1. The van der Waals surface area contributed by atoms with Crippen LogP contribution >= 0.6 is 23.1 Å². The molecule has 0 aromatic carbocycles. The molecule has 0 aliphatic carbocycles. The quantitative estimate of drug-likeness (QED) is 0.744. The average Bonchev–Trinajstić information content (AvgIpc) is 3.09. The zero-order valence-electron chi connectivity index (χ0n) is 9.81. The molecule has 0 radical (unpaired) electrons. The lowest BCUT2D eigenvalue weighted by Crippen LogP contribution is -1.89. The summed E-state index contributed by atoms with van der Waals surface area (Å²) in [7, 11) is 0. The van der Waals surface area contributed by atoms with E-state index in [1.54, 1.807) is 35.4 Å². The van der Waals surface area contributed by atoms with Gasteiger partial charge in [0.15, 0.2) is 5.82 Å². The Balaban J connectivity index is 1.66. The van der Waals surface area contributed by atoms with Crippen molar-refractivity contribution in [1.29, 1.82) is 0 Å². The van der Waals surface area contributed by atoms with Crippen LogP contribution in [0.15, 0.2) is 45.3 Å². The van der Waals surface area contributed by atoms with E-state index in [2.05, 4.69) is 15.1 Å². The summed E-state index contributed by atoms with van der Waals surface area (Å²) in [6.45, 7) is 0. The fourth-order valence-corrected chi connectivity index (χ4v) is 2.79. The second-order valence-corrected chi connectivity index (χ2v) is 5.70. The van der Waals surface area contributed by atoms with Gasteiger partial charge in [0.1, 0.15) is 5.82 Å². The van der Waals surface area contributed by atoms with Gasteiger partial charge in [0, 0.05) is 11.1 Å². The second kappa shape index (κ2) is 5.41. The average molecular weight is 290 g/mol. The fourth-order valence-electron chi connectivity index (χ4n) is 1.44. The second-order valence-electron chi connectivity index (χ2n) is 3.70. The summed E-state index contributed by atoms with van der Waals surface area (Å²) < 4.78 is 5.22. The zero-order valence-corrected chi connectivity index (χ0v) is 11.4. The highest BCUT2D eigenvalue weighted by atomic mass is 32.2. The highest BCUT2D eigenvalue weighted by Crippen LogP contribution is 2.25. The lowest BCUT2D eigenvalue weighted by Gasteiger charge is -1.97. The molecule has 0 saturated heterocycles. The van der Waals surface area contributed by atoms with Crippen LogP contribution in [0.4, 0.5) is 5.82 Å². The van der Waals surface area contributed by atoms with Crippen LogP contribution in [-0.2, 0) is 5.75 Å². The Morgan fingerprint density at radius 1 is 1.32 bits per heavy atom. The van der Waals surface area contributed by atoms with E-state index in [0.29, 0.717) is 23.3 Å². The van der Waals surface area contributed by atoms with Crippen LogP contribution < -0.4 is 5.73 Å². The van der Waals surface area contributed by atoms with Gasteiger partial charge >= 0.3 is 0 Å². The highest BCUT2D eigenvalue weighted by molar-refractivity contribution is 7.98. The van der Waals surface area contributed by atoms with Crippen LogP contribution in [0.25, 0.3) is 10.8 Å². The van der Waals surface area contributed by atoms with Gasteiger partial charge < -0.3 is 10.3 Å². The molecule has 2 N–H and O–H groups in total. The molecule has 3 heterocycles. The number of thiophene rings is 1. The number of nitrogens with zero attached hydrogens (tertiary/aromatic N) is 3. The summed E-state index contributed by atoms with van der Waals surface area (Å²) in [4.78, 5) is 10.4. The van der Waals surface area contributed by atoms with E-state index in [0.717, 1.165) is 9.77 Å². The first-order chi connectivity index (χ1) is 9.31. The van der Waals surface area contributed by atoms with Crippen LogP contribution in [0.1, 0.15) is 5.82 Å². The van der Waals surface area contributed by atoms with Crippen molar-refractivity contribution in [2.75, 3.05) is 5.73 Å². The molecular formula is C12H10N4OS2. The molecule has 96 valence electrons. The molecule has 3 rings (SSSR count). The third-order valence-corrected chi connectivity index (χ3v) is 4.16. The van der Waals surface area contributed by atoms with Crippen LogP contribution in [0.5, 0.6) is 0 Å². The number of thioether (sulfide) groups is 1. The van der Waals surface area contributed by atoms with Crippen molar-refractivity contribution >= 4 is 28.9 Å². The van der Waals surface area contributed by atoms with E-state index in [9.17, 15) is 0 Å². The Bertz CT molecular complexity index is 649. The predicted octanol–water partition coefficient (Wildman–Crippen LogP) is 3.07. The van der Waals surface area contributed by atoms with Gasteiger partial charge in [-0.3, -0.25) is 0 Å². The lowest BCUT2D eigenvalue weighted by atomic mass is 10.5. The van der Waals surface area contributed by atoms with Gasteiger partial charge in [-0.05, 0) is 23.6 Å². The molecule has 3 aromatic rings. The first-order valence-corrected chi connectivity index (χ1v) is 7.38. The van der Waals surface area contributed by atoms with Crippen LogP contribution in [0.2, 0.25) is 0 Å². The first kappa shape index (κ1) is 12.2. The van der Waals surface area contributed by atoms with Crippen molar-refractivity contribution < 1.29 is 4.52 Å². The van der Waals surface area contributed by atoms with Gasteiger partial charge in [-0.1, -0.05) is 11.2 Å². The summed E-state index contributed by atoms with van der Waals surface area (Å²) >= 11 is 3.17. The SMILES string of the molecule is Nc1ccc(SCc2noc(-c3cccs3)n2)cn1. The molecule has 0 bridgehead atoms. The van der Waals surface area contributed by atoms with Gasteiger partial charge in [0.05, 0.1) is 10.6 Å². The number of nitrogens with two attached hydrogens (primary N) is 1. The molecule has 0 amide bonds. The van der Waals surface area contributed by atoms with Gasteiger partial charge in [0.2, 0.25) is 0 Å². The Morgan fingerprint density at radius 3 is 3.00 bits per heavy atom. The van der Waals surface area contributed by atoms with Gasteiger partial charge in [-0.25, -0.2) is 4.98 Å². The normalized spacial score (nSPS) is 10.7. The zero-order chi connectivity index (χ0) is 13.1. The van der Waals surface area contributed by atoms with Gasteiger partial charge in [-0.15, -0.1) is 23.1 Å². The minimum absolute atomic E-state index is 0.517. The van der Waals surface area contributed by atoms with Crippen molar-refractivity contribution in [3.05, 3.63) is 41.7 Å². The van der Waals surface area contributed by atoms with Crippen LogP contribution in [0.3, 0.4) is 0 Å². The number of rotatable bonds is 4. The summed E-state index contributed by atoms with van der Waals surface area (Å²) in [5, 5.41) is 5.94. The number of aromatic nitrogens is 3. The first-order valence-electron chi connectivity index (χ1n) is 5.52. The van der Waals surface area contributed by atoms with E-state index in [4.69, 9.17) is 10.3 Å². The maximum atomic E-state index is 5.53. The fraction of sp³-hybridized carbons (Fsp3) is 0.0833. The standard InChI is InChI=1S/C12H10N4OS2/c13-10-4-3-8(6-14-10)19-7-11-15-12(17-16-11)9-2-1-5-18-9/h1-6H,7H2,(H2,13,14). The summed E-state index contributed by atoms with van der Waals surface area (Å²) in [6.07, 6.45) is 1.74. The smallest absolute Gasteiger partial charge is 0.268 e. The lowest BCUT2D eigenvalue weighted by molar-refractivity contribution is 0.426. The number of pyridine rings is 1. The number of hydrogen-bond acceptors (Lipinski definition) is 7. The summed E-state index contributed by atoms with van der Waals surface area (Å²) in [6, 6.07) is 7.61. The molecule has 19 heavy (non-hydrogen) atoms. The largest absolute Gasteiger partial charge is 0.384 e. The Labute approximate surface area is 117 Å². The van der Waals surface area contributed by atoms with Crippen molar-refractivity contribution in [3.8, 4) is 10.8 Å². The predicted molar refractivity (Wildman–Crippen MR) is 75.8 cm³/mol. The maximum absolute atomic E-state index is 5.53. The molecule has 0 fully saturated rings. The van der Waals surface area contributed by atoms with Crippen molar-refractivity contribution in [2.45, 2.75) is 10.6 Å². The van der Waals surface area contributed by atoms with Gasteiger partial charge in [0.25, 0.3) is 5.89 Å². The molecule has 0 aliphatic heterocycles. The van der Waals surface area contributed by atoms with E-state index >= 15 is 0 Å². The molecule has 0 spiro atoms. The minimum atomic E-state index is 0.517. The van der Waals surface area contributed by atoms with E-state index < -0.39 is 0 Å². The molecule has 7 heteroatoms. The van der Waals surface area contributed by atoms with Crippen LogP contribution in [0, 0.1) is 0 Å². The Morgan fingerprint density at radius 2 is 2.26 bits per heavy atom. The van der Waals surface area contributed by atoms with Crippen molar-refractivity contribution in [1.82, 2.24) is 15.1 Å². The topological polar surface area (TPSA) is 77.8 Å². The minimum Gasteiger partial charge on any atom is -0.384 e. The van der Waals surface area contributed by atoms with E-state index in [-0.39, 0.29) is 0 Å². The molecular weight excluding hydrogens is 280 g/mol. The maximum Gasteiger partial charge on any atom is 0.268 e. The third kappa shape index (κ3) is 2.94.